The Balaban J connectivity index is 0. The molecule has 0 unspecified atom stereocenters. The summed E-state index contributed by atoms with van der Waals surface area (Å²) in [6, 6.07) is 0. The molecule has 1 aromatic heterocycles. The fraction of sp³-hybridized carbons (Fsp3) is 0.400. The number of hydrogen-bond donors (Lipinski definition) is 0. The van der Waals surface area contributed by atoms with Gasteiger partial charge in [-0.3, -0.25) is 0 Å². The summed E-state index contributed by atoms with van der Waals surface area (Å²) >= 11 is 8.53. The van der Waals surface area contributed by atoms with Gasteiger partial charge in [0.1, 0.15) is 5.82 Å². The van der Waals surface area contributed by atoms with E-state index in [-0.39, 0.29) is 17.1 Å². The summed E-state index contributed by atoms with van der Waals surface area (Å²) in [4.78, 5) is 3.98. The number of aromatic nitrogens is 2. The van der Waals surface area contributed by atoms with Gasteiger partial charge in [0.15, 0.2) is 0 Å². The van der Waals surface area contributed by atoms with Crippen molar-refractivity contribution in [1.82, 2.24) is 9.55 Å². The van der Waals surface area contributed by atoms with Crippen molar-refractivity contribution in [2.75, 3.05) is 0 Å². The van der Waals surface area contributed by atoms with Crippen molar-refractivity contribution in [3.05, 3.63) is 18.2 Å². The summed E-state index contributed by atoms with van der Waals surface area (Å²) in [5.41, 5.74) is 0. The van der Waals surface area contributed by atoms with Crippen LogP contribution in [-0.4, -0.2) is 26.6 Å². The van der Waals surface area contributed by atoms with Crippen molar-refractivity contribution in [2.45, 2.75) is 6.92 Å². The van der Waals surface area contributed by atoms with Crippen molar-refractivity contribution < 1.29 is 3.84 Å². The zero-order chi connectivity index (χ0) is 7.98. The fourth-order valence-electron chi connectivity index (χ4n) is 0.440. The first-order valence-electron chi connectivity index (χ1n) is 2.55. The Morgan fingerprint density at radius 2 is 2.00 bits per heavy atom. The van der Waals surface area contributed by atoms with Gasteiger partial charge in [0.25, 0.3) is 0 Å². The molecule has 6 heteroatoms. The Labute approximate surface area is 86.5 Å². The third-order valence-corrected chi connectivity index (χ3v) is 1.06. The van der Waals surface area contributed by atoms with Crippen LogP contribution >= 0.6 is 23.7 Å². The molecule has 0 aliphatic heterocycles. The predicted molar refractivity (Wildman–Crippen MR) is 46.5 cm³/mol. The molecule has 2 radical (unpaired) electrons. The van der Waals surface area contributed by atoms with Crippen LogP contribution in [0.25, 0.3) is 0 Å². The average molecular weight is 262 g/mol. The molecule has 0 atom stereocenters. The second-order valence-electron chi connectivity index (χ2n) is 1.64. The third kappa shape index (κ3) is 6.66. The van der Waals surface area contributed by atoms with Crippen molar-refractivity contribution in [1.29, 1.82) is 0 Å². The number of imidazole rings is 1. The second kappa shape index (κ2) is 8.37. The van der Waals surface area contributed by atoms with Crippen LogP contribution in [0.15, 0.2) is 12.4 Å². The van der Waals surface area contributed by atoms with Crippen molar-refractivity contribution in [2.24, 2.45) is 7.05 Å². The summed E-state index contributed by atoms with van der Waals surface area (Å²) < 4.78 is 5.17. The Hall–Kier alpha value is 0.269. The van der Waals surface area contributed by atoms with E-state index in [0.29, 0.717) is 0 Å². The van der Waals surface area contributed by atoms with Crippen LogP contribution in [0.3, 0.4) is 0 Å². The minimum atomic E-state index is 0. The Bertz CT molecular complexity index is 166. The monoisotopic (exact) mass is 262 g/mol. The van der Waals surface area contributed by atoms with E-state index in [0.717, 1.165) is 5.82 Å². The number of nitrogens with zero attached hydrogens (tertiary/aromatic N) is 2. The molecule has 0 aromatic carbocycles. The Morgan fingerprint density at radius 3 is 2.09 bits per heavy atom. The summed E-state index contributed by atoms with van der Waals surface area (Å²) in [7, 11) is 1.97. The first-order chi connectivity index (χ1) is 4.72. The van der Waals surface area contributed by atoms with E-state index in [1.807, 2.05) is 24.7 Å². The van der Waals surface area contributed by atoms with Gasteiger partial charge in [-0.1, -0.05) is 0 Å². The first-order valence-corrected chi connectivity index (χ1v) is 3.17. The van der Waals surface area contributed by atoms with Gasteiger partial charge in [0, 0.05) is 36.5 Å². The molecule has 0 saturated heterocycles. The van der Waals surface area contributed by atoms with E-state index in [9.17, 15) is 0 Å². The molecule has 64 valence electrons. The molecule has 11 heavy (non-hydrogen) atoms. The van der Waals surface area contributed by atoms with Crippen LogP contribution in [0.5, 0.6) is 0 Å². The second-order valence-corrected chi connectivity index (χ2v) is 2.11. The molecule has 0 fully saturated rings. The largest absolute Gasteiger partial charge is 0.338 e. The van der Waals surface area contributed by atoms with Gasteiger partial charge in [0.2, 0.25) is 0 Å². The molecule has 1 heterocycles. The van der Waals surface area contributed by atoms with Gasteiger partial charge in [0.05, 0.1) is 23.7 Å². The van der Waals surface area contributed by atoms with Crippen LogP contribution < -0.4 is 0 Å². The minimum absolute atomic E-state index is 0. The molecule has 0 spiro atoms. The average Bonchev–Trinajstić information content (AvgIpc) is 2.19. The SMILES string of the molecule is Cc1nccn1C.ClOCl.[Se]. The quantitative estimate of drug-likeness (QED) is 0.665. The molecule has 0 aliphatic rings. The van der Waals surface area contributed by atoms with Crippen LogP contribution in [-0.2, 0) is 10.9 Å². The molecule has 1 rings (SSSR count). The first kappa shape index (κ1) is 13.8. The maximum atomic E-state index is 4.26. The van der Waals surface area contributed by atoms with Crippen LogP contribution in [0.4, 0.5) is 0 Å². The standard InChI is InChI=1S/C5H8N2.Cl2O.Se/c1-5-6-3-4-7(5)2;1-3-2;/h3-4H,1-2H3;;. The molecule has 0 saturated carbocycles. The van der Waals surface area contributed by atoms with Gasteiger partial charge < -0.3 is 4.57 Å². The molecule has 1 aromatic rings. The summed E-state index contributed by atoms with van der Waals surface area (Å²) in [6.45, 7) is 1.97. The topological polar surface area (TPSA) is 27.1 Å². The van der Waals surface area contributed by atoms with E-state index in [4.69, 9.17) is 0 Å². The maximum Gasteiger partial charge on any atom is 0.105 e. The number of halogens is 2. The fourth-order valence-corrected chi connectivity index (χ4v) is 0.440. The molecular weight excluding hydrogens is 254 g/mol. The van der Waals surface area contributed by atoms with E-state index >= 15 is 0 Å². The minimum Gasteiger partial charge on any atom is -0.338 e. The van der Waals surface area contributed by atoms with Gasteiger partial charge in [-0.15, -0.1) is 0 Å². The van der Waals surface area contributed by atoms with E-state index in [2.05, 4.69) is 32.6 Å². The third-order valence-electron chi connectivity index (χ3n) is 1.06. The van der Waals surface area contributed by atoms with E-state index < -0.39 is 0 Å². The van der Waals surface area contributed by atoms with E-state index in [1.165, 1.54) is 0 Å². The maximum absolute atomic E-state index is 4.26. The number of rotatable bonds is 0. The summed E-state index contributed by atoms with van der Waals surface area (Å²) in [6.07, 6.45) is 3.71. The van der Waals surface area contributed by atoms with Crippen molar-refractivity contribution in [3.63, 3.8) is 0 Å². The normalized spacial score (nSPS) is 7.64. The summed E-state index contributed by atoms with van der Waals surface area (Å²) in [5, 5.41) is 0. The van der Waals surface area contributed by atoms with E-state index in [1.54, 1.807) is 6.20 Å². The van der Waals surface area contributed by atoms with Crippen molar-refractivity contribution >= 4 is 40.8 Å². The van der Waals surface area contributed by atoms with Crippen molar-refractivity contribution in [3.8, 4) is 0 Å². The zero-order valence-electron chi connectivity index (χ0n) is 6.12. The summed E-state index contributed by atoms with van der Waals surface area (Å²) in [5.74, 6) is 1.06. The molecule has 3 nitrogen and oxygen atoms in total. The van der Waals surface area contributed by atoms with Crippen LogP contribution in [0.2, 0.25) is 0 Å². The van der Waals surface area contributed by atoms with Gasteiger partial charge >= 0.3 is 0 Å². The molecule has 0 aliphatic carbocycles. The van der Waals surface area contributed by atoms with Gasteiger partial charge in [-0.2, -0.15) is 3.84 Å². The molecule has 0 bridgehead atoms. The molecular formula is C5H8Cl2N2OSe. The Morgan fingerprint density at radius 1 is 1.55 bits per heavy atom. The molecule has 0 amide bonds. The van der Waals surface area contributed by atoms with Gasteiger partial charge in [-0.25, -0.2) is 4.98 Å². The predicted octanol–water partition coefficient (Wildman–Crippen LogP) is 1.66. The van der Waals surface area contributed by atoms with Crippen LogP contribution in [0, 0.1) is 6.92 Å². The number of aryl methyl sites for hydroxylation is 2. The van der Waals surface area contributed by atoms with Crippen LogP contribution in [0.1, 0.15) is 5.82 Å². The van der Waals surface area contributed by atoms with Gasteiger partial charge in [-0.05, 0) is 6.92 Å². The Kier molecular flexibility index (Phi) is 10.5. The molecule has 0 N–H and O–H groups in total. The number of hydrogen-bond acceptors (Lipinski definition) is 2. The smallest absolute Gasteiger partial charge is 0.105 e. The zero-order valence-corrected chi connectivity index (χ0v) is 9.35.